The third-order valence-corrected chi connectivity index (χ3v) is 6.68. The van der Waals surface area contributed by atoms with E-state index in [-0.39, 0.29) is 29.1 Å². The third kappa shape index (κ3) is 3.14. The van der Waals surface area contributed by atoms with E-state index in [1.165, 1.54) is 0 Å². The van der Waals surface area contributed by atoms with Crippen molar-refractivity contribution in [1.29, 1.82) is 0 Å². The van der Waals surface area contributed by atoms with Crippen LogP contribution in [0, 0.1) is 6.92 Å². The maximum atomic E-state index is 12.6. The molecule has 1 aliphatic carbocycles. The average Bonchev–Trinajstić information content (AvgIpc) is 3.13. The minimum Gasteiger partial charge on any atom is -0.506 e. The Morgan fingerprint density at radius 2 is 1.94 bits per heavy atom. The highest BCUT2D eigenvalue weighted by atomic mass is 35.5. The van der Waals surface area contributed by atoms with Crippen LogP contribution in [0.1, 0.15) is 30.5 Å². The molecule has 6 nitrogen and oxygen atoms in total. The molecule has 0 unspecified atom stereocenters. The summed E-state index contributed by atoms with van der Waals surface area (Å²) in [5, 5.41) is 25.4. The summed E-state index contributed by atoms with van der Waals surface area (Å²) in [5.41, 5.74) is 3.19. The van der Waals surface area contributed by atoms with Crippen LogP contribution in [0.5, 0.6) is 5.75 Å². The number of aryl methyl sites for hydroxylation is 1. The third-order valence-electron chi connectivity index (χ3n) is 6.37. The van der Waals surface area contributed by atoms with Gasteiger partial charge in [0.05, 0.1) is 22.8 Å². The lowest BCUT2D eigenvalue weighted by Gasteiger charge is -2.41. The molecule has 5 rings (SSSR count). The Morgan fingerprint density at radius 3 is 2.52 bits per heavy atom. The zero-order chi connectivity index (χ0) is 21.8. The van der Waals surface area contributed by atoms with Crippen molar-refractivity contribution >= 4 is 22.5 Å². The first-order chi connectivity index (χ1) is 14.9. The van der Waals surface area contributed by atoms with Gasteiger partial charge in [0.25, 0.3) is 5.56 Å². The molecule has 2 aromatic heterocycles. The molecule has 0 bridgehead atoms. The van der Waals surface area contributed by atoms with E-state index in [1.54, 1.807) is 25.1 Å². The molecule has 1 aliphatic rings. The number of aromatic nitrogens is 2. The molecular formula is C24H21ClN2O4. The van der Waals surface area contributed by atoms with Gasteiger partial charge >= 0.3 is 0 Å². The number of nitrogens with zero attached hydrogens (tertiary/aromatic N) is 1. The molecule has 0 amide bonds. The molecular weight excluding hydrogens is 416 g/mol. The summed E-state index contributed by atoms with van der Waals surface area (Å²) in [4.78, 5) is 15.3. The number of aliphatic hydroxyl groups excluding tert-OH is 1. The van der Waals surface area contributed by atoms with E-state index in [4.69, 9.17) is 16.1 Å². The second-order valence-electron chi connectivity index (χ2n) is 8.26. The van der Waals surface area contributed by atoms with Crippen LogP contribution >= 0.6 is 11.6 Å². The van der Waals surface area contributed by atoms with Crippen molar-refractivity contribution in [2.75, 3.05) is 6.61 Å². The molecule has 0 aliphatic heterocycles. The van der Waals surface area contributed by atoms with Gasteiger partial charge < -0.3 is 19.7 Å². The number of halogens is 1. The Labute approximate surface area is 183 Å². The van der Waals surface area contributed by atoms with Crippen molar-refractivity contribution in [1.82, 2.24) is 10.1 Å². The topological polar surface area (TPSA) is 99.3 Å². The van der Waals surface area contributed by atoms with Gasteiger partial charge in [-0.3, -0.25) is 4.79 Å². The quantitative estimate of drug-likeness (QED) is 0.421. The molecule has 4 aromatic rings. The van der Waals surface area contributed by atoms with Crippen molar-refractivity contribution in [2.24, 2.45) is 0 Å². The Kier molecular flexibility index (Phi) is 4.64. The normalized spacial score (nSPS) is 15.2. The summed E-state index contributed by atoms with van der Waals surface area (Å²) in [6.07, 6.45) is 3.11. The number of aliphatic hydroxyl groups is 1. The van der Waals surface area contributed by atoms with Gasteiger partial charge in [-0.2, -0.15) is 0 Å². The second-order valence-corrected chi connectivity index (χ2v) is 8.66. The van der Waals surface area contributed by atoms with Crippen LogP contribution < -0.4 is 5.56 Å². The van der Waals surface area contributed by atoms with Crippen LogP contribution in [0.3, 0.4) is 0 Å². The number of benzene rings is 2. The van der Waals surface area contributed by atoms with E-state index in [0.717, 1.165) is 36.0 Å². The number of hydrogen-bond acceptors (Lipinski definition) is 5. The smallest absolute Gasteiger partial charge is 0.263 e. The van der Waals surface area contributed by atoms with E-state index in [9.17, 15) is 15.0 Å². The first kappa shape index (κ1) is 19.8. The molecule has 2 aromatic carbocycles. The Hall–Kier alpha value is -3.09. The number of nitrogens with one attached hydrogen (secondary N) is 1. The first-order valence-electron chi connectivity index (χ1n) is 10.2. The number of rotatable bonds is 4. The SMILES string of the molecule is Cc1cc(-c2c(O)c3cc(-c4ccc(C5(CO)CCC5)cc4)c(Cl)cc3[nH]c2=O)on1. The molecule has 2 heterocycles. The first-order valence-corrected chi connectivity index (χ1v) is 10.5. The lowest BCUT2D eigenvalue weighted by Crippen LogP contribution is -2.37. The largest absolute Gasteiger partial charge is 0.506 e. The van der Waals surface area contributed by atoms with Gasteiger partial charge in [0, 0.05) is 22.4 Å². The van der Waals surface area contributed by atoms with Crippen molar-refractivity contribution in [2.45, 2.75) is 31.6 Å². The number of hydrogen-bond donors (Lipinski definition) is 3. The monoisotopic (exact) mass is 436 g/mol. The molecule has 1 saturated carbocycles. The number of aromatic amines is 1. The molecule has 0 saturated heterocycles. The number of aromatic hydroxyl groups is 1. The van der Waals surface area contributed by atoms with Crippen molar-refractivity contribution in [3.05, 3.63) is 69.1 Å². The van der Waals surface area contributed by atoms with Gasteiger partial charge in [-0.25, -0.2) is 0 Å². The summed E-state index contributed by atoms with van der Waals surface area (Å²) >= 11 is 6.53. The summed E-state index contributed by atoms with van der Waals surface area (Å²) in [7, 11) is 0. The van der Waals surface area contributed by atoms with E-state index in [2.05, 4.69) is 10.1 Å². The van der Waals surface area contributed by atoms with Gasteiger partial charge in [0.2, 0.25) is 0 Å². The van der Waals surface area contributed by atoms with Crippen LogP contribution in [-0.4, -0.2) is 27.0 Å². The predicted octanol–water partition coefficient (Wildman–Crippen LogP) is 4.93. The van der Waals surface area contributed by atoms with Gasteiger partial charge in [0.15, 0.2) is 5.76 Å². The second kappa shape index (κ2) is 7.25. The fraction of sp³-hybridized carbons (Fsp3) is 0.250. The summed E-state index contributed by atoms with van der Waals surface area (Å²) < 4.78 is 5.19. The summed E-state index contributed by atoms with van der Waals surface area (Å²) in [6, 6.07) is 13.0. The van der Waals surface area contributed by atoms with Gasteiger partial charge in [0.1, 0.15) is 11.3 Å². The highest BCUT2D eigenvalue weighted by Crippen LogP contribution is 2.44. The highest BCUT2D eigenvalue weighted by Gasteiger charge is 2.37. The molecule has 7 heteroatoms. The van der Waals surface area contributed by atoms with E-state index in [1.807, 2.05) is 24.3 Å². The number of pyridine rings is 1. The van der Waals surface area contributed by atoms with E-state index < -0.39 is 5.56 Å². The zero-order valence-corrected chi connectivity index (χ0v) is 17.7. The Bertz CT molecular complexity index is 1350. The molecule has 0 spiro atoms. The van der Waals surface area contributed by atoms with Crippen molar-refractivity contribution < 1.29 is 14.7 Å². The lowest BCUT2D eigenvalue weighted by molar-refractivity contribution is 0.120. The minimum atomic E-state index is -0.482. The van der Waals surface area contributed by atoms with Gasteiger partial charge in [-0.05, 0) is 43.0 Å². The van der Waals surface area contributed by atoms with Crippen LogP contribution in [0.15, 0.2) is 51.8 Å². The highest BCUT2D eigenvalue weighted by molar-refractivity contribution is 6.34. The molecule has 0 atom stereocenters. The van der Waals surface area contributed by atoms with Crippen molar-refractivity contribution in [3.8, 4) is 28.2 Å². The lowest BCUT2D eigenvalue weighted by atomic mass is 9.65. The van der Waals surface area contributed by atoms with E-state index in [0.29, 0.717) is 21.6 Å². The van der Waals surface area contributed by atoms with Crippen LogP contribution in [0.4, 0.5) is 0 Å². The summed E-state index contributed by atoms with van der Waals surface area (Å²) in [5.74, 6) is 0.0203. The molecule has 31 heavy (non-hydrogen) atoms. The number of fused-ring (bicyclic) bond motifs is 1. The number of H-pyrrole nitrogens is 1. The molecule has 158 valence electrons. The fourth-order valence-corrected chi connectivity index (χ4v) is 4.65. The molecule has 3 N–H and O–H groups in total. The molecule has 1 fully saturated rings. The Balaban J connectivity index is 1.63. The van der Waals surface area contributed by atoms with E-state index >= 15 is 0 Å². The summed E-state index contributed by atoms with van der Waals surface area (Å²) in [6.45, 7) is 1.89. The molecule has 0 radical (unpaired) electrons. The Morgan fingerprint density at radius 1 is 1.19 bits per heavy atom. The van der Waals surface area contributed by atoms with Gasteiger partial charge in [-0.1, -0.05) is 47.4 Å². The predicted molar refractivity (Wildman–Crippen MR) is 120 cm³/mol. The van der Waals surface area contributed by atoms with Crippen molar-refractivity contribution in [3.63, 3.8) is 0 Å². The standard InChI is InChI=1S/C24H21ClN2O4/c1-13-9-20(31-27-13)21-22(29)17-10-16(18(25)11-19(17)26-23(21)30)14-3-5-15(6-4-14)24(12-28)7-2-8-24/h3-6,9-11,28H,2,7-8,12H2,1H3,(H2,26,29,30). The maximum absolute atomic E-state index is 12.6. The van der Waals surface area contributed by atoms with Gasteiger partial charge in [-0.15, -0.1) is 0 Å². The zero-order valence-electron chi connectivity index (χ0n) is 16.9. The minimum absolute atomic E-state index is 0.0339. The van der Waals surface area contributed by atoms with Crippen LogP contribution in [0.2, 0.25) is 5.02 Å². The average molecular weight is 437 g/mol. The maximum Gasteiger partial charge on any atom is 0.263 e. The fourth-order valence-electron chi connectivity index (χ4n) is 4.38. The van der Waals surface area contributed by atoms with Crippen LogP contribution in [0.25, 0.3) is 33.4 Å². The van der Waals surface area contributed by atoms with Crippen LogP contribution in [-0.2, 0) is 5.41 Å².